The molecule has 0 aromatic carbocycles. The number of hydrogen-bond acceptors (Lipinski definition) is 7. The van der Waals surface area contributed by atoms with E-state index >= 15 is 0 Å². The summed E-state index contributed by atoms with van der Waals surface area (Å²) in [5, 5.41) is 10.6. The number of nitrogens with zero attached hydrogens (tertiary/aromatic N) is 1. The van der Waals surface area contributed by atoms with E-state index in [9.17, 15) is 28.8 Å². The van der Waals surface area contributed by atoms with E-state index in [1.807, 2.05) is 13.8 Å². The van der Waals surface area contributed by atoms with Gasteiger partial charge >= 0.3 is 12.0 Å². The predicted molar refractivity (Wildman–Crippen MR) is 181 cm³/mol. The van der Waals surface area contributed by atoms with Gasteiger partial charge < -0.3 is 30.9 Å². The molecule has 1 saturated heterocycles. The number of urea groups is 1. The number of rotatable bonds is 13. The highest BCUT2D eigenvalue weighted by molar-refractivity contribution is 6.38. The van der Waals surface area contributed by atoms with Crippen LogP contribution < -0.4 is 21.3 Å². The van der Waals surface area contributed by atoms with Crippen LogP contribution in [0.1, 0.15) is 95.4 Å². The van der Waals surface area contributed by atoms with E-state index < -0.39 is 76.1 Å². The minimum Gasteiger partial charge on any atom is -0.458 e. The third-order valence-corrected chi connectivity index (χ3v) is 7.87. The Morgan fingerprint density at radius 3 is 1.96 bits per heavy atom. The Labute approximate surface area is 280 Å². The summed E-state index contributed by atoms with van der Waals surface area (Å²) in [4.78, 5) is 81.5. The number of Topliss-reactive ketones (excluding diaryl/α,β-unsaturated/α-hetero) is 1. The van der Waals surface area contributed by atoms with E-state index in [1.54, 1.807) is 62.3 Å². The molecule has 1 rings (SSSR count). The van der Waals surface area contributed by atoms with Crippen molar-refractivity contribution in [2.45, 2.75) is 125 Å². The van der Waals surface area contributed by atoms with Crippen molar-refractivity contribution in [1.82, 2.24) is 26.2 Å². The lowest BCUT2D eigenvalue weighted by Crippen LogP contribution is -2.62. The zero-order valence-corrected chi connectivity index (χ0v) is 30.2. The number of carbonyl (C=O) groups is 6. The van der Waals surface area contributed by atoms with Crippen LogP contribution in [0.25, 0.3) is 0 Å². The van der Waals surface area contributed by atoms with Crippen LogP contribution in [0.15, 0.2) is 12.7 Å². The Kier molecular flexibility index (Phi) is 14.7. The normalized spacial score (nSPS) is 18.7. The van der Waals surface area contributed by atoms with Crippen molar-refractivity contribution >= 4 is 35.5 Å². The fraction of sp³-hybridized carbons (Fsp3) is 0.714. The van der Waals surface area contributed by atoms with Crippen LogP contribution in [-0.4, -0.2) is 83.3 Å². The van der Waals surface area contributed by atoms with Crippen molar-refractivity contribution in [3.8, 4) is 12.3 Å². The van der Waals surface area contributed by atoms with Gasteiger partial charge in [-0.15, -0.1) is 18.9 Å². The number of nitrogens with one attached hydrogen (secondary N) is 4. The van der Waals surface area contributed by atoms with Crippen LogP contribution in [0, 0.1) is 35.0 Å². The van der Waals surface area contributed by atoms with E-state index in [0.717, 1.165) is 0 Å². The summed E-state index contributed by atoms with van der Waals surface area (Å²) in [6.07, 6.45) is 7.52. The average molecular weight is 660 g/mol. The molecule has 1 unspecified atom stereocenters. The third-order valence-electron chi connectivity index (χ3n) is 7.87. The average Bonchev–Trinajstić information content (AvgIpc) is 3.38. The third kappa shape index (κ3) is 12.3. The van der Waals surface area contributed by atoms with Gasteiger partial charge in [0.25, 0.3) is 5.91 Å². The Morgan fingerprint density at radius 1 is 0.936 bits per heavy atom. The van der Waals surface area contributed by atoms with E-state index in [0.29, 0.717) is 6.42 Å². The maximum absolute atomic E-state index is 14.3. The zero-order chi connectivity index (χ0) is 36.5. The second-order valence-corrected chi connectivity index (χ2v) is 15.6. The molecule has 12 heteroatoms. The first-order valence-electron chi connectivity index (χ1n) is 16.2. The highest BCUT2D eigenvalue weighted by Gasteiger charge is 2.48. The summed E-state index contributed by atoms with van der Waals surface area (Å²) in [5.41, 5.74) is -2.29. The number of likely N-dealkylation sites (tertiary alicyclic amines) is 1. The summed E-state index contributed by atoms with van der Waals surface area (Å²) in [7, 11) is 0. The van der Waals surface area contributed by atoms with Crippen LogP contribution in [-0.2, 0) is 28.7 Å². The zero-order valence-electron chi connectivity index (χ0n) is 30.2. The molecule has 1 fully saturated rings. The Bertz CT molecular complexity index is 1220. The van der Waals surface area contributed by atoms with Gasteiger partial charge in [0.1, 0.15) is 23.7 Å². The van der Waals surface area contributed by atoms with Crippen molar-refractivity contribution < 1.29 is 33.5 Å². The summed E-state index contributed by atoms with van der Waals surface area (Å²) in [6, 6.07) is -5.02. The van der Waals surface area contributed by atoms with E-state index in [1.165, 1.54) is 11.0 Å². The molecule has 5 atom stereocenters. The van der Waals surface area contributed by atoms with Crippen molar-refractivity contribution in [3.05, 3.63) is 12.7 Å². The fourth-order valence-electron chi connectivity index (χ4n) is 5.37. The molecular weight excluding hydrogens is 602 g/mol. The predicted octanol–water partition coefficient (Wildman–Crippen LogP) is 3.10. The molecule has 47 heavy (non-hydrogen) atoms. The molecule has 0 saturated carbocycles. The molecule has 12 nitrogen and oxygen atoms in total. The van der Waals surface area contributed by atoms with Crippen molar-refractivity contribution in [3.63, 3.8) is 0 Å². The molecule has 0 radical (unpaired) electrons. The highest BCUT2D eigenvalue weighted by atomic mass is 16.6. The Balaban J connectivity index is 3.38. The standard InChI is InChI=1S/C35H57N5O7/c1-14-16-17-23(25(41)29(43)36-19-15-2)37-28(42)24-22(21(3)4)18-20-40(24)30(44)26(33(5,6)7)38-32(46)39-27(34(8,9)10)31(45)47-35(11,12)13/h1,15,21-24,26-27H,2,16-20H2,3-13H3,(H,36,43)(H,37,42)(H2,38,39,46)/t22-,23?,24+,26-,27-/m1/s1. The number of hydrogen-bond donors (Lipinski definition) is 4. The molecule has 0 bridgehead atoms. The largest absolute Gasteiger partial charge is 0.458 e. The number of ether oxygens (including phenoxy) is 1. The van der Waals surface area contributed by atoms with Gasteiger partial charge in [-0.1, -0.05) is 61.5 Å². The highest BCUT2D eigenvalue weighted by Crippen LogP contribution is 2.33. The molecule has 1 aliphatic rings. The Hall–Kier alpha value is -3.88. The number of carbonyl (C=O) groups excluding carboxylic acids is 6. The van der Waals surface area contributed by atoms with E-state index in [4.69, 9.17) is 11.2 Å². The van der Waals surface area contributed by atoms with E-state index in [-0.39, 0.29) is 37.8 Å². The van der Waals surface area contributed by atoms with Crippen molar-refractivity contribution in [2.75, 3.05) is 13.1 Å². The van der Waals surface area contributed by atoms with Crippen molar-refractivity contribution in [1.29, 1.82) is 0 Å². The van der Waals surface area contributed by atoms with Gasteiger partial charge in [0.05, 0.1) is 6.04 Å². The SMILES string of the molecule is C#CCCC(NC(=O)[C@@H]1[C@@H](C(C)C)CCN1C(=O)[C@@H](NC(=O)N[C@H](C(=O)OC(C)(C)C)C(C)(C)C)C(C)(C)C)C(=O)C(=O)NCC=C. The lowest BCUT2D eigenvalue weighted by Gasteiger charge is -2.38. The number of ketones is 1. The fourth-order valence-corrected chi connectivity index (χ4v) is 5.37. The van der Waals surface area contributed by atoms with Gasteiger partial charge in [0, 0.05) is 19.5 Å². The van der Waals surface area contributed by atoms with Gasteiger partial charge in [-0.25, -0.2) is 9.59 Å². The van der Waals surface area contributed by atoms with E-state index in [2.05, 4.69) is 33.8 Å². The summed E-state index contributed by atoms with van der Waals surface area (Å²) in [6.45, 7) is 23.6. The lowest BCUT2D eigenvalue weighted by atomic mass is 9.84. The molecule has 0 aromatic rings. The van der Waals surface area contributed by atoms with Crippen LogP contribution in [0.4, 0.5) is 4.79 Å². The van der Waals surface area contributed by atoms with Crippen LogP contribution in [0.3, 0.4) is 0 Å². The molecule has 264 valence electrons. The maximum Gasteiger partial charge on any atom is 0.329 e. The van der Waals surface area contributed by atoms with Crippen molar-refractivity contribution in [2.24, 2.45) is 22.7 Å². The number of amides is 5. The van der Waals surface area contributed by atoms with Gasteiger partial charge in [-0.2, -0.15) is 0 Å². The quantitative estimate of drug-likeness (QED) is 0.102. The first-order valence-corrected chi connectivity index (χ1v) is 16.2. The maximum atomic E-state index is 14.3. The number of terminal acetylenes is 1. The van der Waals surface area contributed by atoms with Crippen LogP contribution >= 0.6 is 0 Å². The monoisotopic (exact) mass is 659 g/mol. The van der Waals surface area contributed by atoms with Gasteiger partial charge in [-0.3, -0.25) is 19.2 Å². The smallest absolute Gasteiger partial charge is 0.329 e. The van der Waals surface area contributed by atoms with Gasteiger partial charge in [0.15, 0.2) is 0 Å². The molecule has 4 N–H and O–H groups in total. The summed E-state index contributed by atoms with van der Waals surface area (Å²) < 4.78 is 5.54. The molecule has 0 aliphatic carbocycles. The lowest BCUT2D eigenvalue weighted by molar-refractivity contribution is -0.160. The minimum absolute atomic E-state index is 0.00924. The van der Waals surface area contributed by atoms with Gasteiger partial charge in [-0.05, 0) is 56.3 Å². The second kappa shape index (κ2) is 16.8. The molecule has 1 heterocycles. The van der Waals surface area contributed by atoms with Gasteiger partial charge in [0.2, 0.25) is 17.6 Å². The summed E-state index contributed by atoms with van der Waals surface area (Å²) >= 11 is 0. The summed E-state index contributed by atoms with van der Waals surface area (Å²) in [5.74, 6) is -1.25. The minimum atomic E-state index is -1.20. The molecular formula is C35H57N5O7. The topological polar surface area (TPSA) is 163 Å². The molecule has 0 aromatic heterocycles. The van der Waals surface area contributed by atoms with Crippen LogP contribution in [0.5, 0.6) is 0 Å². The number of esters is 1. The Morgan fingerprint density at radius 2 is 1.49 bits per heavy atom. The first-order chi connectivity index (χ1) is 21.5. The first kappa shape index (κ1) is 41.1. The van der Waals surface area contributed by atoms with Crippen LogP contribution in [0.2, 0.25) is 0 Å². The molecule has 5 amide bonds. The molecule has 0 spiro atoms. The second-order valence-electron chi connectivity index (χ2n) is 15.6. The molecule has 1 aliphatic heterocycles.